The van der Waals surface area contributed by atoms with Crippen molar-refractivity contribution >= 4 is 16.9 Å². The molecule has 0 bridgehead atoms. The van der Waals surface area contributed by atoms with Gasteiger partial charge in [0.05, 0.1) is 25.2 Å². The number of hydrogen-bond acceptors (Lipinski definition) is 7. The molecule has 0 unspecified atom stereocenters. The lowest BCUT2D eigenvalue weighted by Crippen LogP contribution is -2.15. The zero-order valence-electron chi connectivity index (χ0n) is 19.0. The van der Waals surface area contributed by atoms with Crippen molar-refractivity contribution in [1.82, 2.24) is 0 Å². The third kappa shape index (κ3) is 5.27. The van der Waals surface area contributed by atoms with Gasteiger partial charge in [-0.25, -0.2) is 4.79 Å². The predicted molar refractivity (Wildman–Crippen MR) is 123 cm³/mol. The largest absolute Gasteiger partial charge is 0.497 e. The van der Waals surface area contributed by atoms with Crippen LogP contribution < -0.4 is 19.6 Å². The monoisotopic (exact) mass is 500 g/mol. The van der Waals surface area contributed by atoms with E-state index in [1.54, 1.807) is 24.3 Å². The molecule has 0 fully saturated rings. The van der Waals surface area contributed by atoms with Crippen LogP contribution in [0, 0.1) is 0 Å². The van der Waals surface area contributed by atoms with Gasteiger partial charge in [0.2, 0.25) is 11.2 Å². The quantitative estimate of drug-likeness (QED) is 0.289. The van der Waals surface area contributed by atoms with Crippen LogP contribution in [0.5, 0.6) is 23.0 Å². The second-order valence-electron chi connectivity index (χ2n) is 7.50. The predicted octanol–water partition coefficient (Wildman–Crippen LogP) is 5.98. The third-order valence-electron chi connectivity index (χ3n) is 5.14. The molecule has 36 heavy (non-hydrogen) atoms. The van der Waals surface area contributed by atoms with E-state index in [-0.39, 0.29) is 29.1 Å². The fourth-order valence-electron chi connectivity index (χ4n) is 3.31. The van der Waals surface area contributed by atoms with Gasteiger partial charge < -0.3 is 23.4 Å². The SMILES string of the molecule is COC(=O)c1ccc(COc2ccc3c(=O)c(Oc4ccc(OC)cc4)c(C(F)(F)F)oc3c2)cc1. The summed E-state index contributed by atoms with van der Waals surface area (Å²) in [5.74, 6) is -2.37. The molecule has 0 saturated heterocycles. The lowest BCUT2D eigenvalue weighted by molar-refractivity contribution is -0.154. The van der Waals surface area contributed by atoms with Gasteiger partial charge >= 0.3 is 12.1 Å². The summed E-state index contributed by atoms with van der Waals surface area (Å²) in [6.45, 7) is 0.0575. The van der Waals surface area contributed by atoms with Crippen molar-refractivity contribution in [1.29, 1.82) is 0 Å². The highest BCUT2D eigenvalue weighted by Crippen LogP contribution is 2.39. The summed E-state index contributed by atoms with van der Waals surface area (Å²) in [7, 11) is 2.71. The molecule has 0 saturated carbocycles. The van der Waals surface area contributed by atoms with Crippen molar-refractivity contribution in [2.75, 3.05) is 14.2 Å². The van der Waals surface area contributed by atoms with E-state index in [0.717, 1.165) is 0 Å². The smallest absolute Gasteiger partial charge is 0.453 e. The van der Waals surface area contributed by atoms with Crippen LogP contribution in [0.4, 0.5) is 13.2 Å². The summed E-state index contributed by atoms with van der Waals surface area (Å²) in [4.78, 5) is 24.5. The number of rotatable bonds is 7. The fourth-order valence-corrected chi connectivity index (χ4v) is 3.31. The van der Waals surface area contributed by atoms with Crippen LogP contribution in [0.25, 0.3) is 11.0 Å². The molecule has 7 nitrogen and oxygen atoms in total. The molecule has 0 radical (unpaired) electrons. The van der Waals surface area contributed by atoms with Crippen LogP contribution in [-0.2, 0) is 17.5 Å². The Balaban J connectivity index is 1.63. The maximum atomic E-state index is 13.8. The summed E-state index contributed by atoms with van der Waals surface area (Å²) < 4.78 is 67.0. The van der Waals surface area contributed by atoms with Crippen LogP contribution in [0.15, 0.2) is 75.9 Å². The van der Waals surface area contributed by atoms with E-state index in [4.69, 9.17) is 18.6 Å². The van der Waals surface area contributed by atoms with Gasteiger partial charge in [0.15, 0.2) is 0 Å². The summed E-state index contributed by atoms with van der Waals surface area (Å²) in [5.41, 5.74) is -0.234. The number of esters is 1. The normalized spacial score (nSPS) is 11.2. The number of fused-ring (bicyclic) bond motifs is 1. The van der Waals surface area contributed by atoms with Crippen LogP contribution in [0.1, 0.15) is 21.7 Å². The molecule has 0 aliphatic rings. The Kier molecular flexibility index (Phi) is 6.86. The number of ether oxygens (including phenoxy) is 4. The van der Waals surface area contributed by atoms with Crippen molar-refractivity contribution < 1.29 is 41.3 Å². The maximum Gasteiger partial charge on any atom is 0.453 e. The molecule has 3 aromatic carbocycles. The molecule has 10 heteroatoms. The zero-order chi connectivity index (χ0) is 25.9. The first-order valence-electron chi connectivity index (χ1n) is 10.5. The maximum absolute atomic E-state index is 13.8. The van der Waals surface area contributed by atoms with E-state index in [1.165, 1.54) is 56.7 Å². The van der Waals surface area contributed by atoms with E-state index in [0.29, 0.717) is 16.9 Å². The summed E-state index contributed by atoms with van der Waals surface area (Å²) in [6, 6.07) is 16.1. The van der Waals surface area contributed by atoms with Crippen molar-refractivity contribution in [3.05, 3.63) is 93.8 Å². The molecule has 1 heterocycles. The molecule has 0 aliphatic heterocycles. The number of alkyl halides is 3. The number of hydrogen-bond donors (Lipinski definition) is 0. The Morgan fingerprint density at radius 2 is 1.53 bits per heavy atom. The lowest BCUT2D eigenvalue weighted by atomic mass is 10.1. The van der Waals surface area contributed by atoms with Crippen LogP contribution in [-0.4, -0.2) is 20.2 Å². The molecular formula is C26H19F3O7. The number of methoxy groups -OCH3 is 2. The first-order chi connectivity index (χ1) is 17.2. The van der Waals surface area contributed by atoms with Gasteiger partial charge in [-0.05, 0) is 54.1 Å². The second kappa shape index (κ2) is 10.0. The van der Waals surface area contributed by atoms with Gasteiger partial charge in [0.1, 0.15) is 29.4 Å². The lowest BCUT2D eigenvalue weighted by Gasteiger charge is -2.14. The van der Waals surface area contributed by atoms with Gasteiger partial charge in [0, 0.05) is 6.07 Å². The Bertz CT molecular complexity index is 1440. The van der Waals surface area contributed by atoms with E-state index in [9.17, 15) is 22.8 Å². The van der Waals surface area contributed by atoms with Crippen molar-refractivity contribution in [3.8, 4) is 23.0 Å². The average Bonchev–Trinajstić information content (AvgIpc) is 2.88. The molecule has 4 aromatic rings. The number of benzene rings is 3. The molecule has 186 valence electrons. The third-order valence-corrected chi connectivity index (χ3v) is 5.14. The topological polar surface area (TPSA) is 84.2 Å². The fraction of sp³-hybridized carbons (Fsp3) is 0.154. The summed E-state index contributed by atoms with van der Waals surface area (Å²) in [5, 5.41) is -0.110. The van der Waals surface area contributed by atoms with Gasteiger partial charge in [0.25, 0.3) is 5.76 Å². The van der Waals surface area contributed by atoms with Gasteiger partial charge in [-0.15, -0.1) is 0 Å². The number of carbonyl (C=O) groups is 1. The molecule has 0 aliphatic carbocycles. The molecular weight excluding hydrogens is 481 g/mol. The van der Waals surface area contributed by atoms with Crippen molar-refractivity contribution in [2.45, 2.75) is 12.8 Å². The van der Waals surface area contributed by atoms with Gasteiger partial charge in [-0.3, -0.25) is 4.79 Å². The molecule has 4 rings (SSSR count). The molecule has 1 aromatic heterocycles. The van der Waals surface area contributed by atoms with E-state index >= 15 is 0 Å². The Labute approximate surface area is 202 Å². The molecule has 0 spiro atoms. The van der Waals surface area contributed by atoms with Crippen molar-refractivity contribution in [3.63, 3.8) is 0 Å². The highest BCUT2D eigenvalue weighted by Gasteiger charge is 2.40. The van der Waals surface area contributed by atoms with E-state index < -0.39 is 29.1 Å². The molecule has 0 atom stereocenters. The summed E-state index contributed by atoms with van der Waals surface area (Å²) in [6.07, 6.45) is -4.99. The van der Waals surface area contributed by atoms with Crippen LogP contribution in [0.2, 0.25) is 0 Å². The van der Waals surface area contributed by atoms with Crippen molar-refractivity contribution in [2.24, 2.45) is 0 Å². The van der Waals surface area contributed by atoms with Gasteiger partial charge in [-0.2, -0.15) is 13.2 Å². The van der Waals surface area contributed by atoms with E-state index in [1.807, 2.05) is 0 Å². The minimum atomic E-state index is -4.99. The number of carbonyl (C=O) groups excluding carboxylic acids is 1. The molecule has 0 amide bonds. The second-order valence-corrected chi connectivity index (χ2v) is 7.50. The standard InChI is InChI=1S/C26H19F3O7/c1-32-17-7-9-18(10-8-17)35-23-22(30)20-12-11-19(13-21(20)36-24(23)26(27,28)29)34-14-15-3-5-16(6-4-15)25(31)33-2/h3-13H,14H2,1-2H3. The first kappa shape index (κ1) is 24.6. The Morgan fingerprint density at radius 1 is 0.889 bits per heavy atom. The number of halogens is 3. The highest BCUT2D eigenvalue weighted by atomic mass is 19.4. The van der Waals surface area contributed by atoms with E-state index in [2.05, 4.69) is 4.74 Å². The first-order valence-corrected chi connectivity index (χ1v) is 10.5. The average molecular weight is 500 g/mol. The van der Waals surface area contributed by atoms with Gasteiger partial charge in [-0.1, -0.05) is 12.1 Å². The Hall–Kier alpha value is -4.47. The Morgan fingerprint density at radius 3 is 2.14 bits per heavy atom. The van der Waals surface area contributed by atoms with Crippen LogP contribution >= 0.6 is 0 Å². The van der Waals surface area contributed by atoms with Crippen LogP contribution in [0.3, 0.4) is 0 Å². The minimum absolute atomic E-state index is 0.00567. The summed E-state index contributed by atoms with van der Waals surface area (Å²) >= 11 is 0. The highest BCUT2D eigenvalue weighted by molar-refractivity contribution is 5.89. The molecule has 0 N–H and O–H groups in total. The minimum Gasteiger partial charge on any atom is -0.497 e. The zero-order valence-corrected chi connectivity index (χ0v) is 19.0.